The minimum atomic E-state index is -2.79. The molecule has 1 aliphatic heterocycles. The maximum Gasteiger partial charge on any atom is 0.153 e. The lowest BCUT2D eigenvalue weighted by atomic mass is 9.93. The van der Waals surface area contributed by atoms with E-state index in [0.717, 1.165) is 13.1 Å². The van der Waals surface area contributed by atoms with Crippen molar-refractivity contribution in [3.8, 4) is 0 Å². The number of nitrogens with one attached hydrogen (secondary N) is 1. The van der Waals surface area contributed by atoms with E-state index in [0.29, 0.717) is 23.5 Å². The van der Waals surface area contributed by atoms with Gasteiger partial charge in [-0.3, -0.25) is 4.90 Å². The first-order valence-electron chi connectivity index (χ1n) is 7.63. The van der Waals surface area contributed by atoms with Crippen LogP contribution in [-0.2, 0) is 9.84 Å². The van der Waals surface area contributed by atoms with Gasteiger partial charge in [-0.2, -0.15) is 0 Å². The molecule has 2 rings (SSSR count). The Labute approximate surface area is 117 Å². The van der Waals surface area contributed by atoms with Crippen molar-refractivity contribution in [1.29, 1.82) is 0 Å². The average Bonchev–Trinajstić information content (AvgIpc) is 2.57. The molecular formula is C14H28N2O2S. The summed E-state index contributed by atoms with van der Waals surface area (Å²) < 4.78 is 23.3. The van der Waals surface area contributed by atoms with Crippen molar-refractivity contribution < 1.29 is 8.42 Å². The molecule has 19 heavy (non-hydrogen) atoms. The predicted octanol–water partition coefficient (Wildman–Crippen LogP) is 1.27. The van der Waals surface area contributed by atoms with Crippen molar-refractivity contribution >= 4 is 9.84 Å². The van der Waals surface area contributed by atoms with E-state index in [9.17, 15) is 8.42 Å². The van der Waals surface area contributed by atoms with Crippen LogP contribution in [0.2, 0.25) is 0 Å². The van der Waals surface area contributed by atoms with Gasteiger partial charge in [-0.1, -0.05) is 19.3 Å². The van der Waals surface area contributed by atoms with Crippen molar-refractivity contribution in [2.24, 2.45) is 5.92 Å². The lowest BCUT2D eigenvalue weighted by Crippen LogP contribution is -2.50. The summed E-state index contributed by atoms with van der Waals surface area (Å²) in [4.78, 5) is 2.39. The Bertz CT molecular complexity index is 383. The fourth-order valence-electron chi connectivity index (χ4n) is 3.59. The van der Waals surface area contributed by atoms with Crippen LogP contribution in [0.1, 0.15) is 39.0 Å². The molecule has 3 atom stereocenters. The lowest BCUT2D eigenvalue weighted by molar-refractivity contribution is 0.166. The number of hydrogen-bond acceptors (Lipinski definition) is 4. The molecule has 1 heterocycles. The highest BCUT2D eigenvalue weighted by atomic mass is 32.2. The van der Waals surface area contributed by atoms with Gasteiger partial charge in [0.15, 0.2) is 9.84 Å². The van der Waals surface area contributed by atoms with E-state index < -0.39 is 9.84 Å². The quantitative estimate of drug-likeness (QED) is 0.795. The molecule has 2 aliphatic rings. The zero-order valence-electron chi connectivity index (χ0n) is 12.3. The summed E-state index contributed by atoms with van der Waals surface area (Å²) in [6.07, 6.45) is 6.54. The fraction of sp³-hybridized carbons (Fsp3) is 1.00. The summed E-state index contributed by atoms with van der Waals surface area (Å²) in [5.74, 6) is 1.36. The highest BCUT2D eigenvalue weighted by Gasteiger charge is 2.31. The molecule has 0 aromatic heterocycles. The average molecular weight is 288 g/mol. The van der Waals surface area contributed by atoms with Crippen molar-refractivity contribution in [2.45, 2.75) is 51.1 Å². The van der Waals surface area contributed by atoms with Crippen LogP contribution < -0.4 is 5.32 Å². The molecule has 112 valence electrons. The van der Waals surface area contributed by atoms with E-state index in [1.54, 1.807) is 0 Å². The summed E-state index contributed by atoms with van der Waals surface area (Å²) >= 11 is 0. The Hall–Kier alpha value is -0.130. The largest absolute Gasteiger partial charge is 0.317 e. The van der Waals surface area contributed by atoms with Gasteiger partial charge in [0.05, 0.1) is 11.5 Å². The molecule has 0 spiro atoms. The van der Waals surface area contributed by atoms with E-state index in [1.165, 1.54) is 32.1 Å². The topological polar surface area (TPSA) is 49.4 Å². The van der Waals surface area contributed by atoms with E-state index >= 15 is 0 Å². The van der Waals surface area contributed by atoms with Crippen LogP contribution in [0, 0.1) is 5.92 Å². The monoisotopic (exact) mass is 288 g/mol. The molecule has 0 bridgehead atoms. The van der Waals surface area contributed by atoms with Crippen LogP contribution in [0.25, 0.3) is 0 Å². The molecule has 1 aliphatic carbocycles. The standard InChI is InChI=1S/C14H28N2O2S/c1-12-11-19(17,18)9-8-16(12)10-13-6-4-3-5-7-14(13)15-2/h12-15H,3-11H2,1-2H3. The normalized spacial score (nSPS) is 36.8. The Balaban J connectivity index is 1.95. The van der Waals surface area contributed by atoms with Gasteiger partial charge in [0, 0.05) is 25.2 Å². The first-order valence-corrected chi connectivity index (χ1v) is 9.46. The molecule has 1 N–H and O–H groups in total. The second kappa shape index (κ2) is 6.55. The first kappa shape index (κ1) is 15.3. The minimum absolute atomic E-state index is 0.180. The van der Waals surface area contributed by atoms with Gasteiger partial charge in [0.1, 0.15) is 0 Å². The second-order valence-corrected chi connectivity index (χ2v) is 8.48. The van der Waals surface area contributed by atoms with Crippen LogP contribution in [0.15, 0.2) is 0 Å². The molecular weight excluding hydrogens is 260 g/mol. The van der Waals surface area contributed by atoms with Crippen LogP contribution in [0.3, 0.4) is 0 Å². The highest BCUT2D eigenvalue weighted by molar-refractivity contribution is 7.91. The van der Waals surface area contributed by atoms with Gasteiger partial charge in [0.2, 0.25) is 0 Å². The predicted molar refractivity (Wildman–Crippen MR) is 79.1 cm³/mol. The summed E-state index contributed by atoms with van der Waals surface area (Å²) in [6.45, 7) is 3.83. The third-order valence-corrected chi connectivity index (χ3v) is 6.60. The second-order valence-electron chi connectivity index (χ2n) is 6.25. The van der Waals surface area contributed by atoms with E-state index in [2.05, 4.69) is 24.2 Å². The third kappa shape index (κ3) is 4.17. The molecule has 1 saturated carbocycles. The van der Waals surface area contributed by atoms with Crippen LogP contribution in [0.5, 0.6) is 0 Å². The van der Waals surface area contributed by atoms with Crippen molar-refractivity contribution in [3.63, 3.8) is 0 Å². The summed E-state index contributed by atoms with van der Waals surface area (Å²) in [7, 11) is -0.727. The molecule has 0 amide bonds. The zero-order valence-corrected chi connectivity index (χ0v) is 13.1. The first-order chi connectivity index (χ1) is 9.02. The Morgan fingerprint density at radius 1 is 1.21 bits per heavy atom. The Kier molecular flexibility index (Phi) is 5.26. The summed E-state index contributed by atoms with van der Waals surface area (Å²) in [6, 6.07) is 0.785. The van der Waals surface area contributed by atoms with Crippen LogP contribution in [0.4, 0.5) is 0 Å². The zero-order chi connectivity index (χ0) is 13.9. The third-order valence-electron chi connectivity index (χ3n) is 4.81. The fourth-order valence-corrected chi connectivity index (χ4v) is 5.21. The van der Waals surface area contributed by atoms with Gasteiger partial charge < -0.3 is 5.32 Å². The maximum atomic E-state index is 11.6. The van der Waals surface area contributed by atoms with E-state index in [-0.39, 0.29) is 6.04 Å². The molecule has 0 aromatic rings. The Morgan fingerprint density at radius 3 is 2.63 bits per heavy atom. The molecule has 1 saturated heterocycles. The van der Waals surface area contributed by atoms with Crippen molar-refractivity contribution in [2.75, 3.05) is 31.6 Å². The smallest absolute Gasteiger partial charge is 0.153 e. The molecule has 3 unspecified atom stereocenters. The minimum Gasteiger partial charge on any atom is -0.317 e. The molecule has 0 radical (unpaired) electrons. The van der Waals surface area contributed by atoms with Gasteiger partial charge in [-0.25, -0.2) is 8.42 Å². The van der Waals surface area contributed by atoms with Gasteiger partial charge in [-0.05, 0) is 32.7 Å². The molecule has 5 heteroatoms. The SMILES string of the molecule is CNC1CCCCCC1CN1CCS(=O)(=O)CC1C. The van der Waals surface area contributed by atoms with E-state index in [4.69, 9.17) is 0 Å². The molecule has 0 aromatic carbocycles. The lowest BCUT2D eigenvalue weighted by Gasteiger charge is -2.37. The summed E-state index contributed by atoms with van der Waals surface area (Å²) in [5, 5.41) is 3.47. The van der Waals surface area contributed by atoms with Crippen molar-refractivity contribution in [1.82, 2.24) is 10.2 Å². The van der Waals surface area contributed by atoms with E-state index in [1.807, 2.05) is 0 Å². The Morgan fingerprint density at radius 2 is 1.95 bits per heavy atom. The highest BCUT2D eigenvalue weighted by Crippen LogP contribution is 2.25. The van der Waals surface area contributed by atoms with Crippen LogP contribution in [-0.4, -0.2) is 57.0 Å². The van der Waals surface area contributed by atoms with Gasteiger partial charge in [0.25, 0.3) is 0 Å². The molecule has 2 fully saturated rings. The van der Waals surface area contributed by atoms with Gasteiger partial charge >= 0.3 is 0 Å². The summed E-state index contributed by atoms with van der Waals surface area (Å²) in [5.41, 5.74) is 0. The number of sulfone groups is 1. The van der Waals surface area contributed by atoms with Crippen molar-refractivity contribution in [3.05, 3.63) is 0 Å². The maximum absolute atomic E-state index is 11.6. The number of hydrogen-bond donors (Lipinski definition) is 1. The number of nitrogens with zero attached hydrogens (tertiary/aromatic N) is 1. The van der Waals surface area contributed by atoms with Crippen LogP contribution >= 0.6 is 0 Å². The molecule has 4 nitrogen and oxygen atoms in total. The number of rotatable bonds is 3. The van der Waals surface area contributed by atoms with Gasteiger partial charge in [-0.15, -0.1) is 0 Å².